The van der Waals surface area contributed by atoms with Gasteiger partial charge in [0.2, 0.25) is 6.17 Å². The lowest BCUT2D eigenvalue weighted by atomic mass is 10.2. The van der Waals surface area contributed by atoms with Crippen LogP contribution in [0, 0.1) is 6.43 Å². The van der Waals surface area contributed by atoms with Gasteiger partial charge >= 0.3 is 12.3 Å². The van der Waals surface area contributed by atoms with Crippen LogP contribution >= 0.6 is 0 Å². The smallest absolute Gasteiger partial charge is 0.244 e. The molecule has 0 saturated heterocycles. The first kappa shape index (κ1) is 9.58. The van der Waals surface area contributed by atoms with Crippen molar-refractivity contribution in [2.45, 2.75) is 12.1 Å². The maximum absolute atomic E-state index is 11.5. The fraction of sp³-hybridized carbons (Fsp3) is 0.750. The molecule has 0 nitrogen and oxygen atoms in total. The Hall–Kier alpha value is -0.420. The van der Waals surface area contributed by atoms with Crippen LogP contribution in [0.3, 0.4) is 0 Å². The van der Waals surface area contributed by atoms with Crippen LogP contribution in [-0.2, 0) is 0 Å². The Morgan fingerprint density at radius 3 is 1.80 bits per heavy atom. The lowest BCUT2D eigenvalue weighted by molar-refractivity contribution is -0.105. The van der Waals surface area contributed by atoms with Gasteiger partial charge in [-0.1, -0.05) is 0 Å². The van der Waals surface area contributed by atoms with Gasteiger partial charge in [0.05, 0.1) is 0 Å². The third-order valence-corrected chi connectivity index (χ3v) is 0.741. The normalized spacial score (nSPS) is 15.9. The minimum atomic E-state index is -4.60. The molecule has 0 spiro atoms. The van der Waals surface area contributed by atoms with Crippen molar-refractivity contribution >= 4 is 0 Å². The minimum Gasteiger partial charge on any atom is -0.244 e. The molecule has 0 N–H and O–H groups in total. The summed E-state index contributed by atoms with van der Waals surface area (Å²) in [6.45, 7) is -2.43. The molecule has 61 valence electrons. The van der Waals surface area contributed by atoms with Gasteiger partial charge in [0.1, 0.15) is 0 Å². The fourth-order valence-electron chi connectivity index (χ4n) is 0.227. The van der Waals surface area contributed by atoms with E-state index in [9.17, 15) is 26.3 Å². The van der Waals surface area contributed by atoms with Crippen LogP contribution < -0.4 is 0 Å². The molecule has 0 aromatic heterocycles. The van der Waals surface area contributed by atoms with E-state index in [1.165, 1.54) is 0 Å². The van der Waals surface area contributed by atoms with Crippen molar-refractivity contribution in [3.8, 4) is 0 Å². The van der Waals surface area contributed by atoms with Crippen molar-refractivity contribution in [2.75, 3.05) is 6.67 Å². The summed E-state index contributed by atoms with van der Waals surface area (Å²) in [5.41, 5.74) is 0. The molecule has 0 fully saturated rings. The van der Waals surface area contributed by atoms with E-state index in [2.05, 4.69) is 0 Å². The molecular weight excluding hydrogens is 162 g/mol. The number of halogens is 6. The topological polar surface area (TPSA) is 0 Å². The summed E-state index contributed by atoms with van der Waals surface area (Å²) in [6, 6.07) is 0. The molecule has 1 atom stereocenters. The van der Waals surface area contributed by atoms with Gasteiger partial charge in [-0.05, 0) is 0 Å². The second-order valence-electron chi connectivity index (χ2n) is 1.55. The minimum absolute atomic E-state index is 2.43. The summed E-state index contributed by atoms with van der Waals surface area (Å²) in [7, 11) is 0. The standard InChI is InChI=1S/C4H3F6/c5-1-4(9,10)2(6)3(7)8/h2H,1H2. The lowest BCUT2D eigenvalue weighted by Gasteiger charge is -2.14. The van der Waals surface area contributed by atoms with Gasteiger partial charge in [-0.25, -0.2) is 17.6 Å². The lowest BCUT2D eigenvalue weighted by Crippen LogP contribution is -2.34. The highest BCUT2D eigenvalue weighted by molar-refractivity contribution is 4.87. The molecule has 0 aromatic rings. The molecule has 0 aromatic carbocycles. The van der Waals surface area contributed by atoms with Gasteiger partial charge in [0.15, 0.2) is 6.67 Å². The van der Waals surface area contributed by atoms with E-state index < -0.39 is 25.2 Å². The van der Waals surface area contributed by atoms with E-state index in [1.807, 2.05) is 0 Å². The highest BCUT2D eigenvalue weighted by Crippen LogP contribution is 2.30. The van der Waals surface area contributed by atoms with Gasteiger partial charge in [0, 0.05) is 0 Å². The molecule has 0 rings (SSSR count). The number of hydrogen-bond acceptors (Lipinski definition) is 0. The van der Waals surface area contributed by atoms with Crippen LogP contribution in [0.1, 0.15) is 0 Å². The number of rotatable bonds is 3. The Kier molecular flexibility index (Phi) is 2.98. The van der Waals surface area contributed by atoms with Crippen LogP contribution in [0.15, 0.2) is 0 Å². The average molecular weight is 165 g/mol. The van der Waals surface area contributed by atoms with Crippen molar-refractivity contribution < 1.29 is 26.3 Å². The van der Waals surface area contributed by atoms with Gasteiger partial charge in [-0.2, -0.15) is 8.78 Å². The van der Waals surface area contributed by atoms with E-state index in [1.54, 1.807) is 0 Å². The van der Waals surface area contributed by atoms with Crippen molar-refractivity contribution in [3.05, 3.63) is 6.43 Å². The Balaban J connectivity index is 4.03. The third-order valence-electron chi connectivity index (χ3n) is 0.741. The molecule has 1 unspecified atom stereocenters. The van der Waals surface area contributed by atoms with E-state index in [0.29, 0.717) is 0 Å². The van der Waals surface area contributed by atoms with E-state index in [4.69, 9.17) is 0 Å². The molecule has 0 aliphatic rings. The number of hydrogen-bond donors (Lipinski definition) is 0. The van der Waals surface area contributed by atoms with E-state index in [0.717, 1.165) is 0 Å². The zero-order chi connectivity index (χ0) is 8.36. The van der Waals surface area contributed by atoms with E-state index in [-0.39, 0.29) is 0 Å². The van der Waals surface area contributed by atoms with Gasteiger partial charge in [-0.15, -0.1) is 0 Å². The highest BCUT2D eigenvalue weighted by Gasteiger charge is 2.47. The van der Waals surface area contributed by atoms with Crippen molar-refractivity contribution in [2.24, 2.45) is 0 Å². The maximum atomic E-state index is 11.5. The monoisotopic (exact) mass is 165 g/mol. The molecule has 0 aliphatic carbocycles. The zero-order valence-electron chi connectivity index (χ0n) is 4.55. The summed E-state index contributed by atoms with van der Waals surface area (Å²) in [4.78, 5) is 0. The molecule has 0 aliphatic heterocycles. The third kappa shape index (κ3) is 2.07. The van der Waals surface area contributed by atoms with Crippen LogP contribution in [-0.4, -0.2) is 18.8 Å². The zero-order valence-corrected chi connectivity index (χ0v) is 4.55. The van der Waals surface area contributed by atoms with Gasteiger partial charge in [-0.3, -0.25) is 0 Å². The predicted octanol–water partition coefficient (Wildman–Crippen LogP) is 2.36. The van der Waals surface area contributed by atoms with Crippen molar-refractivity contribution in [1.82, 2.24) is 0 Å². The number of alkyl halides is 4. The fourth-order valence-corrected chi connectivity index (χ4v) is 0.227. The summed E-state index contributed by atoms with van der Waals surface area (Å²) in [5, 5.41) is 0. The van der Waals surface area contributed by atoms with Crippen LogP contribution in [0.5, 0.6) is 0 Å². The van der Waals surface area contributed by atoms with Crippen LogP contribution in [0.4, 0.5) is 26.3 Å². The first-order valence-corrected chi connectivity index (χ1v) is 2.17. The van der Waals surface area contributed by atoms with Crippen LogP contribution in [0.2, 0.25) is 0 Å². The average Bonchev–Trinajstić information content (AvgIpc) is 1.86. The molecule has 0 heterocycles. The molecule has 0 saturated carbocycles. The van der Waals surface area contributed by atoms with Crippen molar-refractivity contribution in [3.63, 3.8) is 0 Å². The molecule has 6 heteroatoms. The molecule has 10 heavy (non-hydrogen) atoms. The maximum Gasteiger partial charge on any atom is 0.349 e. The van der Waals surface area contributed by atoms with Gasteiger partial charge in [0.25, 0.3) is 0 Å². The van der Waals surface area contributed by atoms with Crippen molar-refractivity contribution in [1.29, 1.82) is 0 Å². The molecule has 0 amide bonds. The summed E-state index contributed by atoms with van der Waals surface area (Å²) in [6.07, 6.45) is -6.90. The SMILES string of the molecule is FCC(F)(F)C(F)[C](F)F. The second kappa shape index (κ2) is 3.12. The Bertz CT molecular complexity index is 99.9. The summed E-state index contributed by atoms with van der Waals surface area (Å²) < 4.78 is 67.7. The first-order valence-electron chi connectivity index (χ1n) is 2.17. The van der Waals surface area contributed by atoms with Crippen LogP contribution in [0.25, 0.3) is 0 Å². The predicted molar refractivity (Wildman–Crippen MR) is 21.3 cm³/mol. The first-order chi connectivity index (χ1) is 4.41. The Labute approximate surface area is 52.8 Å². The molecule has 0 bridgehead atoms. The van der Waals surface area contributed by atoms with E-state index >= 15 is 0 Å². The molecule has 1 radical (unpaired) electrons. The largest absolute Gasteiger partial charge is 0.349 e. The molecular formula is C4H3F6. The highest BCUT2D eigenvalue weighted by atomic mass is 19.3. The Morgan fingerprint density at radius 1 is 1.30 bits per heavy atom. The summed E-state index contributed by atoms with van der Waals surface area (Å²) >= 11 is 0. The Morgan fingerprint density at radius 2 is 1.70 bits per heavy atom. The quantitative estimate of drug-likeness (QED) is 0.563. The second-order valence-corrected chi connectivity index (χ2v) is 1.55. The summed E-state index contributed by atoms with van der Waals surface area (Å²) in [5.74, 6) is -4.60. The van der Waals surface area contributed by atoms with Gasteiger partial charge < -0.3 is 0 Å².